The molecule has 2 aromatic heterocycles. The van der Waals surface area contributed by atoms with Gasteiger partial charge in [-0.2, -0.15) is 15.5 Å². The molecular weight excluding hydrogens is 372 g/mol. The highest BCUT2D eigenvalue weighted by atomic mass is 16.6. The van der Waals surface area contributed by atoms with Crippen molar-refractivity contribution in [2.24, 2.45) is 17.6 Å². The van der Waals surface area contributed by atoms with Crippen molar-refractivity contribution >= 4 is 23.1 Å². The number of aromatic nitrogens is 4. The Kier molecular flexibility index (Phi) is 6.27. The van der Waals surface area contributed by atoms with Gasteiger partial charge in [-0.15, -0.1) is 0 Å². The van der Waals surface area contributed by atoms with Crippen LogP contribution in [-0.2, 0) is 21.4 Å². The highest BCUT2D eigenvalue weighted by Gasteiger charge is 2.30. The van der Waals surface area contributed by atoms with Crippen molar-refractivity contribution in [2.45, 2.75) is 41.5 Å². The molecule has 0 saturated heterocycles. The van der Waals surface area contributed by atoms with E-state index in [0.29, 0.717) is 17.1 Å². The summed E-state index contributed by atoms with van der Waals surface area (Å²) < 4.78 is 8.69. The standard InChI is InChI=1S/C20H26N6O3/c1-12-13(2)22-25(7)17(12)18(29-19(27)20(4,5)6)16(11-21)26-10-9-15(23-26)14(3)24-28-8/h9-10H,1-8H3. The fraction of sp³-hybridized carbons (Fsp3) is 0.450. The molecule has 0 aliphatic heterocycles. The zero-order valence-corrected chi connectivity index (χ0v) is 18.1. The van der Waals surface area contributed by atoms with Crippen molar-refractivity contribution < 1.29 is 14.4 Å². The molecule has 2 rings (SSSR count). The van der Waals surface area contributed by atoms with Crippen molar-refractivity contribution in [3.63, 3.8) is 0 Å². The molecule has 0 aliphatic carbocycles. The van der Waals surface area contributed by atoms with Gasteiger partial charge in [0.15, 0.2) is 11.5 Å². The van der Waals surface area contributed by atoms with E-state index in [1.54, 1.807) is 51.7 Å². The Hall–Kier alpha value is -3.41. The molecule has 9 nitrogen and oxygen atoms in total. The molecule has 0 bridgehead atoms. The van der Waals surface area contributed by atoms with Crippen LogP contribution in [0.1, 0.15) is 50.3 Å². The van der Waals surface area contributed by atoms with Gasteiger partial charge >= 0.3 is 5.97 Å². The summed E-state index contributed by atoms with van der Waals surface area (Å²) in [6, 6.07) is 3.81. The normalized spacial score (nSPS) is 13.0. The smallest absolute Gasteiger partial charge is 0.316 e. The van der Waals surface area contributed by atoms with Gasteiger partial charge in [0.05, 0.1) is 11.1 Å². The monoisotopic (exact) mass is 398 g/mol. The fourth-order valence-corrected chi connectivity index (χ4v) is 2.57. The van der Waals surface area contributed by atoms with Crippen molar-refractivity contribution in [3.05, 3.63) is 34.9 Å². The third-order valence-electron chi connectivity index (χ3n) is 4.28. The lowest BCUT2D eigenvalue weighted by Crippen LogP contribution is -2.24. The minimum absolute atomic E-state index is 0.0603. The number of hydrogen-bond donors (Lipinski definition) is 0. The van der Waals surface area contributed by atoms with Gasteiger partial charge in [0.1, 0.15) is 30.3 Å². The van der Waals surface area contributed by atoms with Crippen LogP contribution in [-0.4, -0.2) is 38.4 Å². The van der Waals surface area contributed by atoms with Crippen LogP contribution in [0.25, 0.3) is 11.5 Å². The number of esters is 1. The van der Waals surface area contributed by atoms with Gasteiger partial charge in [0, 0.05) is 18.8 Å². The molecule has 0 amide bonds. The third-order valence-corrected chi connectivity index (χ3v) is 4.28. The Morgan fingerprint density at radius 1 is 1.28 bits per heavy atom. The van der Waals surface area contributed by atoms with Gasteiger partial charge in [-0.3, -0.25) is 9.48 Å². The summed E-state index contributed by atoms with van der Waals surface area (Å²) in [4.78, 5) is 17.4. The largest absolute Gasteiger partial charge is 0.421 e. The first kappa shape index (κ1) is 21.9. The second-order valence-electron chi connectivity index (χ2n) is 7.62. The van der Waals surface area contributed by atoms with Gasteiger partial charge in [0.2, 0.25) is 0 Å². The first-order valence-electron chi connectivity index (χ1n) is 9.02. The summed E-state index contributed by atoms with van der Waals surface area (Å²) in [7, 11) is 3.18. The van der Waals surface area contributed by atoms with Crippen LogP contribution in [0.2, 0.25) is 0 Å². The van der Waals surface area contributed by atoms with Gasteiger partial charge in [0.25, 0.3) is 0 Å². The van der Waals surface area contributed by atoms with E-state index in [9.17, 15) is 10.1 Å². The molecule has 0 aromatic carbocycles. The Morgan fingerprint density at radius 2 is 1.93 bits per heavy atom. The molecule has 0 aliphatic rings. The van der Waals surface area contributed by atoms with Gasteiger partial charge < -0.3 is 9.57 Å². The van der Waals surface area contributed by atoms with Crippen LogP contribution >= 0.6 is 0 Å². The zero-order valence-electron chi connectivity index (χ0n) is 18.1. The minimum atomic E-state index is -0.760. The van der Waals surface area contributed by atoms with Crippen molar-refractivity contribution in [1.29, 1.82) is 5.26 Å². The van der Waals surface area contributed by atoms with E-state index >= 15 is 0 Å². The highest BCUT2D eigenvalue weighted by Crippen LogP contribution is 2.30. The number of nitriles is 1. The number of hydrogen-bond acceptors (Lipinski definition) is 7. The predicted molar refractivity (Wildman–Crippen MR) is 108 cm³/mol. The number of allylic oxidation sites excluding steroid dienone is 1. The SMILES string of the molecule is CON=C(C)c1ccn(C(C#N)=C(OC(=O)C(C)(C)C)c2c(C)c(C)nn2C)n1. The second kappa shape index (κ2) is 8.31. The average molecular weight is 398 g/mol. The molecule has 0 N–H and O–H groups in total. The van der Waals surface area contributed by atoms with Crippen LogP contribution in [0, 0.1) is 30.6 Å². The molecule has 29 heavy (non-hydrogen) atoms. The summed E-state index contributed by atoms with van der Waals surface area (Å²) in [5.41, 5.74) is 2.49. The van der Waals surface area contributed by atoms with Crippen LogP contribution < -0.4 is 0 Å². The predicted octanol–water partition coefficient (Wildman–Crippen LogP) is 3.04. The molecule has 0 unspecified atom stereocenters. The van der Waals surface area contributed by atoms with E-state index in [-0.39, 0.29) is 11.5 Å². The lowest BCUT2D eigenvalue weighted by Gasteiger charge is -2.19. The minimum Gasteiger partial charge on any atom is -0.421 e. The number of oxime groups is 1. The molecular formula is C20H26N6O3. The lowest BCUT2D eigenvalue weighted by atomic mass is 9.97. The van der Waals surface area contributed by atoms with Crippen LogP contribution in [0.15, 0.2) is 17.4 Å². The van der Waals surface area contributed by atoms with Crippen molar-refractivity contribution in [2.75, 3.05) is 7.11 Å². The number of ether oxygens (including phenoxy) is 1. The summed E-state index contributed by atoms with van der Waals surface area (Å²) in [6.45, 7) is 10.7. The maximum Gasteiger partial charge on any atom is 0.316 e. The fourth-order valence-electron chi connectivity index (χ4n) is 2.57. The lowest BCUT2D eigenvalue weighted by molar-refractivity contribution is -0.145. The van der Waals surface area contributed by atoms with Gasteiger partial charge in [-0.1, -0.05) is 5.16 Å². The molecule has 0 fully saturated rings. The number of rotatable bonds is 5. The third kappa shape index (κ3) is 4.54. The zero-order chi connectivity index (χ0) is 21.9. The second-order valence-corrected chi connectivity index (χ2v) is 7.62. The highest BCUT2D eigenvalue weighted by molar-refractivity contribution is 5.97. The first-order valence-corrected chi connectivity index (χ1v) is 9.02. The maximum absolute atomic E-state index is 12.7. The quantitative estimate of drug-likeness (QED) is 0.252. The molecule has 0 atom stereocenters. The number of carbonyl (C=O) groups excluding carboxylic acids is 1. The number of aryl methyl sites for hydroxylation is 2. The Labute approximate surface area is 170 Å². The molecule has 2 heterocycles. The molecule has 0 spiro atoms. The van der Waals surface area contributed by atoms with E-state index < -0.39 is 11.4 Å². The van der Waals surface area contributed by atoms with Crippen molar-refractivity contribution in [1.82, 2.24) is 19.6 Å². The van der Waals surface area contributed by atoms with Crippen LogP contribution in [0.4, 0.5) is 0 Å². The molecule has 9 heteroatoms. The molecule has 0 saturated carbocycles. The van der Waals surface area contributed by atoms with E-state index in [1.165, 1.54) is 11.8 Å². The molecule has 2 aromatic rings. The summed E-state index contributed by atoms with van der Waals surface area (Å²) in [6.07, 6.45) is 1.60. The van der Waals surface area contributed by atoms with Crippen LogP contribution in [0.5, 0.6) is 0 Å². The van der Waals surface area contributed by atoms with E-state index in [2.05, 4.69) is 21.4 Å². The number of carbonyl (C=O) groups is 1. The maximum atomic E-state index is 12.7. The molecule has 154 valence electrons. The Balaban J connectivity index is 2.73. The van der Waals surface area contributed by atoms with Gasteiger partial charge in [-0.25, -0.2) is 4.68 Å². The Bertz CT molecular complexity index is 1030. The van der Waals surface area contributed by atoms with E-state index in [4.69, 9.17) is 9.57 Å². The van der Waals surface area contributed by atoms with Crippen LogP contribution in [0.3, 0.4) is 0 Å². The van der Waals surface area contributed by atoms with Crippen molar-refractivity contribution in [3.8, 4) is 6.07 Å². The van der Waals surface area contributed by atoms with E-state index in [1.807, 2.05) is 13.8 Å². The summed E-state index contributed by atoms with van der Waals surface area (Å²) in [5.74, 6) is -0.369. The topological polar surface area (TPSA) is 107 Å². The van der Waals surface area contributed by atoms with E-state index in [0.717, 1.165) is 11.3 Å². The first-order chi connectivity index (χ1) is 13.5. The summed E-state index contributed by atoms with van der Waals surface area (Å²) >= 11 is 0. The van der Waals surface area contributed by atoms with Gasteiger partial charge in [-0.05, 0) is 47.6 Å². The molecule has 0 radical (unpaired) electrons. The Morgan fingerprint density at radius 3 is 2.41 bits per heavy atom. The number of nitrogens with zero attached hydrogens (tertiary/aromatic N) is 6. The average Bonchev–Trinajstić information content (AvgIpc) is 3.20. The summed E-state index contributed by atoms with van der Waals surface area (Å²) in [5, 5.41) is 22.5.